The summed E-state index contributed by atoms with van der Waals surface area (Å²) in [6.07, 6.45) is -0.660. The molecule has 3 rings (SSSR count). The first-order valence-electron chi connectivity index (χ1n) is 6.11. The summed E-state index contributed by atoms with van der Waals surface area (Å²) >= 11 is 12.2. The molecular weight excluding hydrogens is 297 g/mol. The van der Waals surface area contributed by atoms with E-state index in [2.05, 4.69) is 5.32 Å². The highest BCUT2D eigenvalue weighted by Gasteiger charge is 2.26. The Balaban J connectivity index is 2.12. The predicted molar refractivity (Wildman–Crippen MR) is 79.3 cm³/mol. The van der Waals surface area contributed by atoms with Gasteiger partial charge < -0.3 is 10.4 Å². The fraction of sp³-hybridized carbons (Fsp3) is 0.133. The molecule has 5 heteroatoms. The van der Waals surface area contributed by atoms with Gasteiger partial charge in [0, 0.05) is 21.2 Å². The van der Waals surface area contributed by atoms with Gasteiger partial charge in [-0.2, -0.15) is 0 Å². The third kappa shape index (κ3) is 2.29. The number of amides is 1. The zero-order valence-electron chi connectivity index (χ0n) is 10.4. The van der Waals surface area contributed by atoms with Crippen molar-refractivity contribution < 1.29 is 9.90 Å². The first kappa shape index (κ1) is 13.4. The van der Waals surface area contributed by atoms with E-state index in [1.54, 1.807) is 36.4 Å². The topological polar surface area (TPSA) is 49.3 Å². The van der Waals surface area contributed by atoms with Crippen LogP contribution < -0.4 is 5.32 Å². The lowest BCUT2D eigenvalue weighted by Gasteiger charge is -2.17. The highest BCUT2D eigenvalue weighted by molar-refractivity contribution is 6.31. The van der Waals surface area contributed by atoms with Crippen LogP contribution in [-0.2, 0) is 11.2 Å². The molecule has 0 saturated heterocycles. The van der Waals surface area contributed by atoms with Crippen LogP contribution in [0.1, 0.15) is 22.8 Å². The Morgan fingerprint density at radius 1 is 1.15 bits per heavy atom. The van der Waals surface area contributed by atoms with Gasteiger partial charge in [0.05, 0.1) is 12.1 Å². The van der Waals surface area contributed by atoms with Crippen molar-refractivity contribution >= 4 is 34.8 Å². The smallest absolute Gasteiger partial charge is 0.228 e. The van der Waals surface area contributed by atoms with E-state index in [-0.39, 0.29) is 12.3 Å². The molecule has 2 aromatic carbocycles. The van der Waals surface area contributed by atoms with E-state index in [1.165, 1.54) is 0 Å². The third-order valence-electron chi connectivity index (χ3n) is 3.33. The zero-order valence-corrected chi connectivity index (χ0v) is 11.9. The highest BCUT2D eigenvalue weighted by atomic mass is 35.5. The molecule has 2 aromatic rings. The molecule has 0 spiro atoms. The Hall–Kier alpha value is -1.55. The molecule has 0 bridgehead atoms. The van der Waals surface area contributed by atoms with Gasteiger partial charge in [0.2, 0.25) is 5.91 Å². The Bertz CT molecular complexity index is 700. The van der Waals surface area contributed by atoms with E-state index < -0.39 is 6.10 Å². The van der Waals surface area contributed by atoms with E-state index in [0.717, 1.165) is 5.56 Å². The number of hydrogen-bond donors (Lipinski definition) is 2. The van der Waals surface area contributed by atoms with Crippen molar-refractivity contribution in [2.24, 2.45) is 0 Å². The SMILES string of the molecule is O=C1Cc2cc(Cl)cc(C(O)c3ccccc3Cl)c2N1. The number of rotatable bonds is 2. The van der Waals surface area contributed by atoms with Gasteiger partial charge in [0.25, 0.3) is 0 Å². The van der Waals surface area contributed by atoms with Crippen molar-refractivity contribution in [3.63, 3.8) is 0 Å². The highest BCUT2D eigenvalue weighted by Crippen LogP contribution is 2.38. The van der Waals surface area contributed by atoms with Crippen LogP contribution in [0.2, 0.25) is 10.0 Å². The summed E-state index contributed by atoms with van der Waals surface area (Å²) in [5.74, 6) is -0.102. The molecule has 1 aliphatic rings. The number of aliphatic hydroxyl groups is 1. The molecule has 1 heterocycles. The Kier molecular flexibility index (Phi) is 3.42. The van der Waals surface area contributed by atoms with Crippen molar-refractivity contribution in [1.29, 1.82) is 0 Å². The van der Waals surface area contributed by atoms with Crippen molar-refractivity contribution in [3.8, 4) is 0 Å². The van der Waals surface area contributed by atoms with Crippen molar-refractivity contribution in [3.05, 3.63) is 63.1 Å². The van der Waals surface area contributed by atoms with Crippen molar-refractivity contribution in [1.82, 2.24) is 0 Å². The van der Waals surface area contributed by atoms with Gasteiger partial charge in [0.1, 0.15) is 6.10 Å². The number of benzene rings is 2. The van der Waals surface area contributed by atoms with Crippen LogP contribution in [-0.4, -0.2) is 11.0 Å². The molecule has 1 aliphatic heterocycles. The largest absolute Gasteiger partial charge is 0.384 e. The summed E-state index contributed by atoms with van der Waals surface area (Å²) in [6, 6.07) is 10.4. The minimum atomic E-state index is -0.936. The molecular formula is C15H11Cl2NO2. The Morgan fingerprint density at radius 3 is 2.65 bits per heavy atom. The van der Waals surface area contributed by atoms with Crippen LogP contribution in [0.3, 0.4) is 0 Å². The third-order valence-corrected chi connectivity index (χ3v) is 3.89. The van der Waals surface area contributed by atoms with Crippen LogP contribution in [0.4, 0.5) is 5.69 Å². The molecule has 0 fully saturated rings. The first-order valence-corrected chi connectivity index (χ1v) is 6.86. The summed E-state index contributed by atoms with van der Waals surface area (Å²) in [5, 5.41) is 14.3. The predicted octanol–water partition coefficient (Wildman–Crippen LogP) is 3.57. The molecule has 0 radical (unpaired) electrons. The molecule has 0 aliphatic carbocycles. The molecule has 20 heavy (non-hydrogen) atoms. The van der Waals surface area contributed by atoms with E-state index >= 15 is 0 Å². The number of carbonyl (C=O) groups is 1. The minimum absolute atomic E-state index is 0.102. The molecule has 0 aromatic heterocycles. The fourth-order valence-corrected chi connectivity index (χ4v) is 2.90. The second kappa shape index (κ2) is 5.09. The lowest BCUT2D eigenvalue weighted by molar-refractivity contribution is -0.115. The average molecular weight is 308 g/mol. The minimum Gasteiger partial charge on any atom is -0.384 e. The van der Waals surface area contributed by atoms with E-state index in [4.69, 9.17) is 23.2 Å². The lowest BCUT2D eigenvalue weighted by atomic mass is 9.97. The van der Waals surface area contributed by atoms with Gasteiger partial charge in [-0.25, -0.2) is 0 Å². The van der Waals surface area contributed by atoms with E-state index in [9.17, 15) is 9.90 Å². The van der Waals surface area contributed by atoms with Gasteiger partial charge in [-0.3, -0.25) is 4.79 Å². The van der Waals surface area contributed by atoms with Crippen molar-refractivity contribution in [2.75, 3.05) is 5.32 Å². The number of carbonyl (C=O) groups excluding carboxylic acids is 1. The second-order valence-corrected chi connectivity index (χ2v) is 5.52. The maximum atomic E-state index is 11.5. The van der Waals surface area contributed by atoms with Crippen molar-refractivity contribution in [2.45, 2.75) is 12.5 Å². The number of nitrogens with one attached hydrogen (secondary N) is 1. The van der Waals surface area contributed by atoms with E-state index in [0.29, 0.717) is 26.9 Å². The molecule has 1 atom stereocenters. The van der Waals surface area contributed by atoms with Gasteiger partial charge in [-0.15, -0.1) is 0 Å². The normalized spacial score (nSPS) is 14.8. The number of aliphatic hydroxyl groups excluding tert-OH is 1. The van der Waals surface area contributed by atoms with Gasteiger partial charge in [-0.05, 0) is 23.8 Å². The summed E-state index contributed by atoms with van der Waals surface area (Å²) in [7, 11) is 0. The van der Waals surface area contributed by atoms with E-state index in [1.807, 2.05) is 0 Å². The molecule has 3 nitrogen and oxygen atoms in total. The fourth-order valence-electron chi connectivity index (χ4n) is 2.41. The van der Waals surface area contributed by atoms with Crippen LogP contribution >= 0.6 is 23.2 Å². The zero-order chi connectivity index (χ0) is 14.3. The van der Waals surface area contributed by atoms with Crippen LogP contribution in [0, 0.1) is 0 Å². The summed E-state index contributed by atoms with van der Waals surface area (Å²) < 4.78 is 0. The second-order valence-electron chi connectivity index (χ2n) is 4.68. The number of anilines is 1. The summed E-state index contributed by atoms with van der Waals surface area (Å²) in [4.78, 5) is 11.5. The molecule has 2 N–H and O–H groups in total. The number of fused-ring (bicyclic) bond motifs is 1. The number of hydrogen-bond acceptors (Lipinski definition) is 2. The van der Waals surface area contributed by atoms with Crippen LogP contribution in [0.25, 0.3) is 0 Å². The quantitative estimate of drug-likeness (QED) is 0.891. The molecule has 102 valence electrons. The first-order chi connectivity index (χ1) is 9.56. The monoisotopic (exact) mass is 307 g/mol. The maximum Gasteiger partial charge on any atom is 0.228 e. The van der Waals surface area contributed by atoms with Gasteiger partial charge in [0.15, 0.2) is 0 Å². The average Bonchev–Trinajstić information content (AvgIpc) is 2.77. The molecule has 0 saturated carbocycles. The molecule has 1 unspecified atom stereocenters. The number of halogens is 2. The Labute approximate surface area is 126 Å². The van der Waals surface area contributed by atoms with Crippen LogP contribution in [0.15, 0.2) is 36.4 Å². The summed E-state index contributed by atoms with van der Waals surface area (Å²) in [5.41, 5.74) is 2.57. The van der Waals surface area contributed by atoms with Crippen LogP contribution in [0.5, 0.6) is 0 Å². The lowest BCUT2D eigenvalue weighted by Crippen LogP contribution is -2.08. The Morgan fingerprint density at radius 2 is 1.90 bits per heavy atom. The molecule has 1 amide bonds. The standard InChI is InChI=1S/C15H11Cl2NO2/c16-9-5-8-6-13(19)18-14(8)11(7-9)15(20)10-3-1-2-4-12(10)17/h1-5,7,15,20H,6H2,(H,18,19). The maximum absolute atomic E-state index is 11.5. The van der Waals surface area contributed by atoms with Gasteiger partial charge in [-0.1, -0.05) is 41.4 Å². The van der Waals surface area contributed by atoms with Gasteiger partial charge >= 0.3 is 0 Å². The summed E-state index contributed by atoms with van der Waals surface area (Å²) in [6.45, 7) is 0.